The van der Waals surface area contributed by atoms with Gasteiger partial charge in [0.25, 0.3) is 5.89 Å². The minimum absolute atomic E-state index is 0.184. The van der Waals surface area contributed by atoms with Crippen molar-refractivity contribution < 1.29 is 4.52 Å². The van der Waals surface area contributed by atoms with Crippen molar-refractivity contribution in [2.45, 2.75) is 6.04 Å². The van der Waals surface area contributed by atoms with Crippen LogP contribution >= 0.6 is 11.8 Å². The van der Waals surface area contributed by atoms with Crippen molar-refractivity contribution in [3.8, 4) is 17.5 Å². The summed E-state index contributed by atoms with van der Waals surface area (Å²) in [5.74, 6) is 3.23. The molecule has 0 saturated carbocycles. The highest BCUT2D eigenvalue weighted by Gasteiger charge is 2.26. The number of aromatic nitrogens is 3. The van der Waals surface area contributed by atoms with Crippen LogP contribution in [0.1, 0.15) is 17.6 Å². The largest absolute Gasteiger partial charge is 0.334 e. The Morgan fingerprint density at radius 3 is 3.25 bits per heavy atom. The van der Waals surface area contributed by atoms with Gasteiger partial charge in [0.05, 0.1) is 6.04 Å². The molecular formula is C13H13N5OS. The van der Waals surface area contributed by atoms with E-state index >= 15 is 0 Å². The first kappa shape index (κ1) is 13.1. The molecule has 0 bridgehead atoms. The maximum Gasteiger partial charge on any atom is 0.258 e. The van der Waals surface area contributed by atoms with E-state index in [-0.39, 0.29) is 6.04 Å². The second-order valence-electron chi connectivity index (χ2n) is 4.57. The van der Waals surface area contributed by atoms with Crippen LogP contribution in [-0.2, 0) is 0 Å². The lowest BCUT2D eigenvalue weighted by Gasteiger charge is -2.29. The third-order valence-electron chi connectivity index (χ3n) is 3.26. The van der Waals surface area contributed by atoms with Crippen molar-refractivity contribution in [1.82, 2.24) is 20.0 Å². The highest BCUT2D eigenvalue weighted by atomic mass is 32.2. The Bertz CT molecular complexity index is 650. The van der Waals surface area contributed by atoms with E-state index < -0.39 is 0 Å². The molecule has 0 amide bonds. The Balaban J connectivity index is 1.88. The minimum atomic E-state index is 0.184. The zero-order valence-corrected chi connectivity index (χ0v) is 11.8. The van der Waals surface area contributed by atoms with Crippen LogP contribution in [0.25, 0.3) is 11.5 Å². The summed E-state index contributed by atoms with van der Waals surface area (Å²) >= 11 is 1.90. The number of hydrogen-bond acceptors (Lipinski definition) is 7. The Hall–Kier alpha value is -1.91. The van der Waals surface area contributed by atoms with Crippen LogP contribution < -0.4 is 0 Å². The maximum absolute atomic E-state index is 8.86. The number of nitriles is 1. The molecule has 102 valence electrons. The average Bonchev–Trinajstić information content (AvgIpc) is 2.97. The molecule has 2 aromatic heterocycles. The van der Waals surface area contributed by atoms with Gasteiger partial charge in [-0.25, -0.2) is 4.98 Å². The molecule has 3 rings (SSSR count). The van der Waals surface area contributed by atoms with Gasteiger partial charge in [-0.3, -0.25) is 4.90 Å². The smallest absolute Gasteiger partial charge is 0.258 e. The van der Waals surface area contributed by atoms with Crippen LogP contribution in [0, 0.1) is 11.3 Å². The SMILES string of the molecule is CN1CCSCC1c1noc(-c2ccnc(C#N)c2)n1. The molecule has 0 N–H and O–H groups in total. The van der Waals surface area contributed by atoms with Crippen LogP contribution in [0.15, 0.2) is 22.9 Å². The zero-order chi connectivity index (χ0) is 13.9. The standard InChI is InChI=1S/C13H13N5OS/c1-18-4-5-20-8-11(18)12-16-13(19-17-12)9-2-3-15-10(6-9)7-14/h2-3,6,11H,4-5,8H2,1H3. The van der Waals surface area contributed by atoms with E-state index in [2.05, 4.69) is 27.1 Å². The molecule has 1 aliphatic heterocycles. The summed E-state index contributed by atoms with van der Waals surface area (Å²) in [4.78, 5) is 10.6. The lowest BCUT2D eigenvalue weighted by Crippen LogP contribution is -2.33. The summed E-state index contributed by atoms with van der Waals surface area (Å²) < 4.78 is 5.32. The normalized spacial score (nSPS) is 19.7. The van der Waals surface area contributed by atoms with Crippen LogP contribution in [0.3, 0.4) is 0 Å². The number of nitrogens with zero attached hydrogens (tertiary/aromatic N) is 5. The van der Waals surface area contributed by atoms with Gasteiger partial charge in [-0.1, -0.05) is 5.16 Å². The van der Waals surface area contributed by atoms with E-state index in [1.54, 1.807) is 18.3 Å². The first-order chi connectivity index (χ1) is 9.78. The molecule has 1 unspecified atom stereocenters. The fourth-order valence-corrected chi connectivity index (χ4v) is 3.28. The summed E-state index contributed by atoms with van der Waals surface area (Å²) in [6, 6.07) is 5.60. The van der Waals surface area contributed by atoms with Gasteiger partial charge in [-0.2, -0.15) is 22.0 Å². The van der Waals surface area contributed by atoms with E-state index in [1.165, 1.54) is 0 Å². The Morgan fingerprint density at radius 2 is 2.45 bits per heavy atom. The van der Waals surface area contributed by atoms with Crippen LogP contribution in [0.5, 0.6) is 0 Å². The van der Waals surface area contributed by atoms with Gasteiger partial charge in [0.15, 0.2) is 5.82 Å². The summed E-state index contributed by atoms with van der Waals surface area (Å²) in [5, 5.41) is 12.9. The first-order valence-corrected chi connectivity index (χ1v) is 7.41. The molecule has 0 spiro atoms. The Morgan fingerprint density at radius 1 is 1.55 bits per heavy atom. The van der Waals surface area contributed by atoms with Crippen molar-refractivity contribution in [2.75, 3.05) is 25.1 Å². The van der Waals surface area contributed by atoms with Crippen LogP contribution in [0.2, 0.25) is 0 Å². The van der Waals surface area contributed by atoms with Crippen LogP contribution in [-0.4, -0.2) is 45.1 Å². The maximum atomic E-state index is 8.86. The van der Waals surface area contributed by atoms with E-state index in [0.29, 0.717) is 17.4 Å². The molecule has 20 heavy (non-hydrogen) atoms. The highest BCUT2D eigenvalue weighted by molar-refractivity contribution is 7.99. The minimum Gasteiger partial charge on any atom is -0.334 e. The summed E-state index contributed by atoms with van der Waals surface area (Å²) in [6.07, 6.45) is 1.57. The Labute approximate surface area is 120 Å². The number of hydrogen-bond donors (Lipinski definition) is 0. The summed E-state index contributed by atoms with van der Waals surface area (Å²) in [7, 11) is 2.07. The highest BCUT2D eigenvalue weighted by Crippen LogP contribution is 2.28. The van der Waals surface area contributed by atoms with Crippen LogP contribution in [0.4, 0.5) is 0 Å². The molecule has 0 radical (unpaired) electrons. The average molecular weight is 287 g/mol. The van der Waals surface area contributed by atoms with Crippen molar-refractivity contribution >= 4 is 11.8 Å². The Kier molecular flexibility index (Phi) is 3.67. The summed E-state index contributed by atoms with van der Waals surface area (Å²) in [5.41, 5.74) is 1.06. The van der Waals surface area contributed by atoms with Crippen molar-refractivity contribution in [1.29, 1.82) is 5.26 Å². The third kappa shape index (κ3) is 2.53. The van der Waals surface area contributed by atoms with Gasteiger partial charge >= 0.3 is 0 Å². The van der Waals surface area contributed by atoms with Gasteiger partial charge in [0.2, 0.25) is 0 Å². The molecule has 0 aromatic carbocycles. The fourth-order valence-electron chi connectivity index (χ4n) is 2.07. The van der Waals surface area contributed by atoms with E-state index in [9.17, 15) is 0 Å². The molecule has 6 nitrogen and oxygen atoms in total. The zero-order valence-electron chi connectivity index (χ0n) is 11.0. The molecule has 7 heteroatoms. The molecule has 1 saturated heterocycles. The third-order valence-corrected chi connectivity index (χ3v) is 4.28. The quantitative estimate of drug-likeness (QED) is 0.832. The van der Waals surface area contributed by atoms with Gasteiger partial charge in [0, 0.05) is 29.8 Å². The predicted molar refractivity (Wildman–Crippen MR) is 74.9 cm³/mol. The first-order valence-electron chi connectivity index (χ1n) is 6.26. The number of rotatable bonds is 2. The second-order valence-corrected chi connectivity index (χ2v) is 5.72. The van der Waals surface area contributed by atoms with Crippen molar-refractivity contribution in [3.63, 3.8) is 0 Å². The topological polar surface area (TPSA) is 78.8 Å². The molecule has 3 heterocycles. The van der Waals surface area contributed by atoms with Gasteiger partial charge in [0.1, 0.15) is 11.8 Å². The van der Waals surface area contributed by atoms with Crippen molar-refractivity contribution in [2.24, 2.45) is 0 Å². The lowest BCUT2D eigenvalue weighted by molar-refractivity contribution is 0.257. The monoisotopic (exact) mass is 287 g/mol. The van der Waals surface area contributed by atoms with Crippen molar-refractivity contribution in [3.05, 3.63) is 29.8 Å². The second kappa shape index (κ2) is 5.61. The number of thioether (sulfide) groups is 1. The molecule has 1 fully saturated rings. The van der Waals surface area contributed by atoms with E-state index in [1.807, 2.05) is 17.8 Å². The lowest BCUT2D eigenvalue weighted by atomic mass is 10.2. The molecule has 1 aliphatic rings. The molecule has 1 atom stereocenters. The fraction of sp³-hybridized carbons (Fsp3) is 0.385. The van der Waals surface area contributed by atoms with Gasteiger partial charge < -0.3 is 4.52 Å². The van der Waals surface area contributed by atoms with Gasteiger partial charge in [-0.15, -0.1) is 0 Å². The summed E-state index contributed by atoms with van der Waals surface area (Å²) in [6.45, 7) is 1.02. The van der Waals surface area contributed by atoms with Gasteiger partial charge in [-0.05, 0) is 19.2 Å². The molecule has 2 aromatic rings. The predicted octanol–water partition coefficient (Wildman–Crippen LogP) is 1.72. The molecular weight excluding hydrogens is 274 g/mol. The van der Waals surface area contributed by atoms with E-state index in [4.69, 9.17) is 9.78 Å². The number of pyridine rings is 1. The molecule has 0 aliphatic carbocycles. The van der Waals surface area contributed by atoms with E-state index in [0.717, 1.165) is 23.6 Å².